The van der Waals surface area contributed by atoms with Gasteiger partial charge in [-0.05, 0) is 102 Å². The van der Waals surface area contributed by atoms with E-state index in [-0.39, 0.29) is 5.82 Å². The molecule has 0 bridgehead atoms. The van der Waals surface area contributed by atoms with Gasteiger partial charge in [0.2, 0.25) is 0 Å². The summed E-state index contributed by atoms with van der Waals surface area (Å²) < 4.78 is 18.2. The standard InChI is InChI=1S/C40H47FN4S.C2H6/c1-8-14-35(33-21-30(22-34(41)23-33)26-42-46(5,6)7)36-25-39(43-27(36)4)40-37-24-32(17-18-38(37)44-45-40)31(10-3)20-28(9-2)19-29-15-12-11-13-16-29;1-2/h8-10,14,17-18,20-25,29,42-43H,1-2,5-6,11-13,15-16,19,26H2,3-4,7H3,(H,44,45);1-2H3/b28-20+,31-10+,35-14-;. The van der Waals surface area contributed by atoms with Crippen molar-refractivity contribution in [1.82, 2.24) is 19.9 Å². The minimum atomic E-state index is -1.43. The van der Waals surface area contributed by atoms with E-state index in [1.165, 1.54) is 43.3 Å². The Morgan fingerprint density at radius 1 is 1.04 bits per heavy atom. The summed E-state index contributed by atoms with van der Waals surface area (Å²) >= 11 is 0. The predicted octanol–water partition coefficient (Wildman–Crippen LogP) is 11.4. The normalized spacial score (nSPS) is 14.9. The molecule has 2 heterocycles. The van der Waals surface area contributed by atoms with Crippen molar-refractivity contribution < 1.29 is 4.39 Å². The maximum atomic E-state index is 14.9. The summed E-state index contributed by atoms with van der Waals surface area (Å²) in [5.74, 6) is 8.62. The summed E-state index contributed by atoms with van der Waals surface area (Å²) in [6, 6.07) is 13.7. The quantitative estimate of drug-likeness (QED) is 0.104. The van der Waals surface area contributed by atoms with Gasteiger partial charge in [0.05, 0.1) is 11.2 Å². The molecule has 48 heavy (non-hydrogen) atoms. The highest BCUT2D eigenvalue weighted by Gasteiger charge is 2.18. The maximum absolute atomic E-state index is 14.9. The lowest BCUT2D eigenvalue weighted by atomic mass is 9.84. The number of halogens is 1. The number of hydrogen-bond acceptors (Lipinski definition) is 2. The molecule has 5 rings (SSSR count). The number of hydrogen-bond donors (Lipinski definition) is 3. The van der Waals surface area contributed by atoms with Crippen LogP contribution < -0.4 is 4.72 Å². The monoisotopic (exact) mass is 664 g/mol. The lowest BCUT2D eigenvalue weighted by Crippen LogP contribution is -2.08. The smallest absolute Gasteiger partial charge is 0.124 e. The second kappa shape index (κ2) is 16.8. The molecule has 3 N–H and O–H groups in total. The Hall–Kier alpha value is -4.13. The molecule has 1 saturated carbocycles. The number of nitrogens with zero attached hydrogens (tertiary/aromatic N) is 1. The van der Waals surface area contributed by atoms with E-state index < -0.39 is 9.39 Å². The zero-order chi connectivity index (χ0) is 34.8. The van der Waals surface area contributed by atoms with Crippen LogP contribution in [0.5, 0.6) is 0 Å². The van der Waals surface area contributed by atoms with Crippen LogP contribution in [0.4, 0.5) is 4.39 Å². The van der Waals surface area contributed by atoms with Crippen molar-refractivity contribution in [1.29, 1.82) is 0 Å². The third-order valence-electron chi connectivity index (χ3n) is 8.80. The van der Waals surface area contributed by atoms with E-state index in [1.807, 2.05) is 45.2 Å². The molecule has 1 fully saturated rings. The Balaban J connectivity index is 0.00000255. The van der Waals surface area contributed by atoms with Gasteiger partial charge in [0, 0.05) is 23.2 Å². The zero-order valence-electron chi connectivity index (χ0n) is 29.5. The van der Waals surface area contributed by atoms with Crippen molar-refractivity contribution in [3.05, 3.63) is 125 Å². The summed E-state index contributed by atoms with van der Waals surface area (Å²) in [7, 11) is -1.43. The van der Waals surface area contributed by atoms with Crippen LogP contribution in [-0.4, -0.2) is 33.2 Å². The molecule has 0 atom stereocenters. The van der Waals surface area contributed by atoms with E-state index >= 15 is 0 Å². The molecule has 0 unspecified atom stereocenters. The number of fused-ring (bicyclic) bond motifs is 1. The Morgan fingerprint density at radius 2 is 1.79 bits per heavy atom. The molecule has 0 amide bonds. The second-order valence-electron chi connectivity index (χ2n) is 12.7. The fourth-order valence-electron chi connectivity index (χ4n) is 6.45. The highest BCUT2D eigenvalue weighted by atomic mass is 32.2. The molecule has 0 spiro atoms. The summed E-state index contributed by atoms with van der Waals surface area (Å²) in [6.07, 6.45) is 19.9. The molecule has 2 aromatic carbocycles. The lowest BCUT2D eigenvalue weighted by Gasteiger charge is -2.22. The Kier molecular flexibility index (Phi) is 12.9. The molecule has 0 aliphatic heterocycles. The minimum absolute atomic E-state index is 0.291. The fourth-order valence-corrected chi connectivity index (χ4v) is 6.96. The van der Waals surface area contributed by atoms with Crippen LogP contribution in [0.15, 0.2) is 91.6 Å². The molecule has 254 valence electrons. The van der Waals surface area contributed by atoms with Gasteiger partial charge in [0.1, 0.15) is 11.5 Å². The molecular formula is C42H53FN4S. The number of aromatic nitrogens is 3. The Labute approximate surface area is 288 Å². The molecule has 4 aromatic rings. The van der Waals surface area contributed by atoms with Crippen LogP contribution in [0.3, 0.4) is 0 Å². The molecule has 1 aliphatic carbocycles. The highest BCUT2D eigenvalue weighted by Crippen LogP contribution is 2.35. The summed E-state index contributed by atoms with van der Waals surface area (Å²) in [4.78, 5) is 3.55. The largest absolute Gasteiger partial charge is 0.357 e. The van der Waals surface area contributed by atoms with E-state index in [1.54, 1.807) is 18.2 Å². The second-order valence-corrected chi connectivity index (χ2v) is 15.5. The average molecular weight is 665 g/mol. The molecule has 6 heteroatoms. The maximum Gasteiger partial charge on any atom is 0.124 e. The van der Waals surface area contributed by atoms with Gasteiger partial charge >= 0.3 is 0 Å². The highest BCUT2D eigenvalue weighted by molar-refractivity contribution is 8.25. The number of H-pyrrole nitrogens is 2. The van der Waals surface area contributed by atoms with Gasteiger partial charge in [0.15, 0.2) is 0 Å². The lowest BCUT2D eigenvalue weighted by molar-refractivity contribution is 0.358. The van der Waals surface area contributed by atoms with E-state index in [9.17, 15) is 4.39 Å². The first-order valence-corrected chi connectivity index (χ1v) is 19.5. The number of allylic oxidation sites excluding steroid dienone is 7. The van der Waals surface area contributed by atoms with E-state index in [2.05, 4.69) is 83.0 Å². The van der Waals surface area contributed by atoms with Gasteiger partial charge in [-0.15, -0.1) is 0 Å². The van der Waals surface area contributed by atoms with Gasteiger partial charge < -0.3 is 4.98 Å². The Bertz CT molecular complexity index is 1940. The van der Waals surface area contributed by atoms with Crippen molar-refractivity contribution in [2.75, 3.05) is 6.26 Å². The zero-order valence-corrected chi connectivity index (χ0v) is 30.3. The van der Waals surface area contributed by atoms with Crippen LogP contribution in [0, 0.1) is 18.7 Å². The van der Waals surface area contributed by atoms with Crippen LogP contribution in [0.25, 0.3) is 33.4 Å². The minimum Gasteiger partial charge on any atom is -0.357 e. The van der Waals surface area contributed by atoms with Crippen LogP contribution in [0.1, 0.15) is 87.2 Å². The predicted molar refractivity (Wildman–Crippen MR) is 213 cm³/mol. The van der Waals surface area contributed by atoms with Crippen molar-refractivity contribution in [3.63, 3.8) is 0 Å². The van der Waals surface area contributed by atoms with Crippen molar-refractivity contribution in [2.24, 2.45) is 5.92 Å². The molecule has 0 radical (unpaired) electrons. The van der Waals surface area contributed by atoms with Crippen molar-refractivity contribution >= 4 is 43.2 Å². The van der Waals surface area contributed by atoms with Crippen LogP contribution in [-0.2, 0) is 6.54 Å². The van der Waals surface area contributed by atoms with Crippen molar-refractivity contribution in [2.45, 2.75) is 72.8 Å². The summed E-state index contributed by atoms with van der Waals surface area (Å²) in [6.45, 7) is 16.7. The average Bonchev–Trinajstić information content (AvgIpc) is 3.68. The van der Waals surface area contributed by atoms with Crippen LogP contribution >= 0.6 is 9.39 Å². The fraction of sp³-hybridized carbons (Fsp3) is 0.310. The molecule has 4 nitrogen and oxygen atoms in total. The van der Waals surface area contributed by atoms with Gasteiger partial charge in [-0.3, -0.25) is 9.82 Å². The third kappa shape index (κ3) is 9.27. The number of aromatic amines is 2. The first-order chi connectivity index (χ1) is 23.1. The van der Waals surface area contributed by atoms with Crippen molar-refractivity contribution in [3.8, 4) is 11.4 Å². The van der Waals surface area contributed by atoms with Gasteiger partial charge in [-0.2, -0.15) is 14.5 Å². The first kappa shape index (κ1) is 36.7. The number of nitrogens with one attached hydrogen (secondary N) is 3. The Morgan fingerprint density at radius 3 is 2.46 bits per heavy atom. The number of aryl methyl sites for hydroxylation is 1. The summed E-state index contributed by atoms with van der Waals surface area (Å²) in [5.41, 5.74) is 10.7. The topological polar surface area (TPSA) is 56.5 Å². The van der Waals surface area contributed by atoms with Gasteiger partial charge in [0.25, 0.3) is 0 Å². The molecule has 1 aliphatic rings. The van der Waals surface area contributed by atoms with E-state index in [0.29, 0.717) is 6.54 Å². The van der Waals surface area contributed by atoms with E-state index in [4.69, 9.17) is 5.10 Å². The molecular weight excluding hydrogens is 612 g/mol. The third-order valence-corrected chi connectivity index (χ3v) is 9.64. The SMILES string of the molecule is C=C/C=C(/c1cc(F)cc(CNS(=C)(=C)C)c1)c1cc(-c2n[nH]c3ccc(C(/C=C(\C=C)CC4CCCCC4)=C/C)cc23)[nH]c1C.CC. The number of benzene rings is 2. The van der Waals surface area contributed by atoms with E-state index in [0.717, 1.165) is 68.2 Å². The molecule has 0 saturated heterocycles. The first-order valence-electron chi connectivity index (χ1n) is 17.1. The summed E-state index contributed by atoms with van der Waals surface area (Å²) in [5, 5.41) is 8.98. The molecule has 2 aromatic heterocycles. The number of rotatable bonds is 12. The van der Waals surface area contributed by atoms with Gasteiger partial charge in [-0.1, -0.05) is 107 Å². The van der Waals surface area contributed by atoms with Gasteiger partial charge in [-0.25, -0.2) is 4.39 Å². The van der Waals surface area contributed by atoms with Crippen LogP contribution in [0.2, 0.25) is 0 Å².